The zero-order chi connectivity index (χ0) is 5.70. The van der Waals surface area contributed by atoms with Crippen LogP contribution in [0, 0.1) is 0 Å². The zero-order valence-corrected chi connectivity index (χ0v) is 5.68. The predicted molar refractivity (Wildman–Crippen MR) is 39.4 cm³/mol. The Morgan fingerprint density at radius 2 is 2.43 bits per heavy atom. The van der Waals surface area contributed by atoms with Gasteiger partial charge >= 0.3 is 0 Å². The highest BCUT2D eigenvalue weighted by molar-refractivity contribution is 8.02. The minimum absolute atomic E-state index is 0.759. The van der Waals surface area contributed by atoms with Gasteiger partial charge in [0.1, 0.15) is 0 Å². The molecule has 0 rings (SSSR count). The number of thioether (sulfide) groups is 1. The summed E-state index contributed by atoms with van der Waals surface area (Å²) in [4.78, 5) is 0. The minimum atomic E-state index is 0.759. The van der Waals surface area contributed by atoms with Crippen LogP contribution in [0.2, 0.25) is 0 Å². The van der Waals surface area contributed by atoms with Gasteiger partial charge in [-0.3, -0.25) is 0 Å². The fourth-order valence-corrected chi connectivity index (χ4v) is 0.572. The molecule has 0 bridgehead atoms. The monoisotopic (exact) mass is 133 g/mol. The van der Waals surface area contributed by atoms with E-state index in [1.165, 1.54) is 17.1 Å². The minimum Gasteiger partial charge on any atom is -0.394 e. The van der Waals surface area contributed by atoms with Crippen molar-refractivity contribution in [2.75, 3.05) is 6.26 Å². The lowest BCUT2D eigenvalue weighted by Crippen LogP contribution is -1.89. The van der Waals surface area contributed by atoms with Gasteiger partial charge in [0.25, 0.3) is 0 Å². The molecule has 2 N–H and O–H groups in total. The number of allylic oxidation sites excluding steroid dienone is 1. The van der Waals surface area contributed by atoms with E-state index >= 15 is 0 Å². The standard InChI is InChI=1S/C4H7NS2/c1-7-4(5)2-3-6/h2-3H,5H2,1H3. The molecule has 0 aromatic carbocycles. The Bertz CT molecular complexity index is 87.7. The summed E-state index contributed by atoms with van der Waals surface area (Å²) in [6, 6.07) is 0. The van der Waals surface area contributed by atoms with Crippen LogP contribution in [0.25, 0.3) is 0 Å². The summed E-state index contributed by atoms with van der Waals surface area (Å²) in [5, 5.41) is 2.27. The third kappa shape index (κ3) is 3.82. The number of thiocarbonyl (C=S) groups is 1. The molecule has 0 radical (unpaired) electrons. The van der Waals surface area contributed by atoms with Gasteiger partial charge in [-0.25, -0.2) is 0 Å². The van der Waals surface area contributed by atoms with Crippen LogP contribution in [-0.2, 0) is 0 Å². The molecule has 0 atom stereocenters. The second-order valence-corrected chi connectivity index (χ2v) is 2.06. The second kappa shape index (κ2) is 4.15. The molecule has 0 saturated carbocycles. The van der Waals surface area contributed by atoms with Crippen LogP contribution >= 0.6 is 24.0 Å². The summed E-state index contributed by atoms with van der Waals surface area (Å²) in [6.07, 6.45) is 3.60. The van der Waals surface area contributed by atoms with Crippen LogP contribution in [0.3, 0.4) is 0 Å². The van der Waals surface area contributed by atoms with Gasteiger partial charge in [-0.15, -0.1) is 11.8 Å². The molecule has 0 heterocycles. The van der Waals surface area contributed by atoms with Gasteiger partial charge in [0.05, 0.1) is 5.03 Å². The molecule has 3 heteroatoms. The van der Waals surface area contributed by atoms with E-state index in [1.807, 2.05) is 6.26 Å². The van der Waals surface area contributed by atoms with E-state index in [4.69, 9.17) is 5.73 Å². The average Bonchev–Trinajstić information content (AvgIpc) is 1.68. The van der Waals surface area contributed by atoms with Crippen molar-refractivity contribution in [3.8, 4) is 0 Å². The molecule has 0 aliphatic heterocycles. The Kier molecular flexibility index (Phi) is 4.14. The van der Waals surface area contributed by atoms with Crippen molar-refractivity contribution in [2.24, 2.45) is 5.73 Å². The highest BCUT2D eigenvalue weighted by Gasteiger charge is 1.76. The SMILES string of the molecule is CSC(N)=CC=S. The lowest BCUT2D eigenvalue weighted by atomic mass is 10.7. The van der Waals surface area contributed by atoms with Gasteiger partial charge in [0.2, 0.25) is 0 Å². The van der Waals surface area contributed by atoms with Crippen molar-refractivity contribution < 1.29 is 0 Å². The van der Waals surface area contributed by atoms with E-state index in [9.17, 15) is 0 Å². The molecule has 0 aliphatic rings. The molecule has 40 valence electrons. The van der Waals surface area contributed by atoms with Crippen LogP contribution in [0.5, 0.6) is 0 Å². The Hall–Kier alpha value is -0.0200. The average molecular weight is 133 g/mol. The molecule has 7 heavy (non-hydrogen) atoms. The Balaban J connectivity index is 3.49. The molecule has 0 aromatic heterocycles. The van der Waals surface area contributed by atoms with Gasteiger partial charge in [0.15, 0.2) is 0 Å². The van der Waals surface area contributed by atoms with E-state index in [2.05, 4.69) is 12.2 Å². The van der Waals surface area contributed by atoms with E-state index in [0.717, 1.165) is 5.03 Å². The smallest absolute Gasteiger partial charge is 0.0660 e. The molecule has 0 saturated heterocycles. The fraction of sp³-hybridized carbons (Fsp3) is 0.250. The third-order valence-corrected chi connectivity index (χ3v) is 1.21. The number of nitrogens with two attached hydrogens (primary N) is 1. The van der Waals surface area contributed by atoms with Crippen molar-refractivity contribution in [1.29, 1.82) is 0 Å². The molecule has 0 aliphatic carbocycles. The maximum atomic E-state index is 5.31. The van der Waals surface area contributed by atoms with Crippen LogP contribution in [0.1, 0.15) is 0 Å². The lowest BCUT2D eigenvalue weighted by molar-refractivity contribution is 1.57. The van der Waals surface area contributed by atoms with Gasteiger partial charge in [0, 0.05) is 5.37 Å². The summed E-state index contributed by atoms with van der Waals surface area (Å²) in [7, 11) is 0. The fourth-order valence-electron chi connectivity index (χ4n) is 0.135. The van der Waals surface area contributed by atoms with Gasteiger partial charge in [-0.2, -0.15) is 0 Å². The summed E-state index contributed by atoms with van der Waals surface area (Å²) < 4.78 is 0. The molecule has 0 unspecified atom stereocenters. The van der Waals surface area contributed by atoms with E-state index in [1.54, 1.807) is 6.08 Å². The van der Waals surface area contributed by atoms with E-state index in [0.29, 0.717) is 0 Å². The molecular formula is C4H7NS2. The molecule has 0 fully saturated rings. The topological polar surface area (TPSA) is 26.0 Å². The van der Waals surface area contributed by atoms with Crippen molar-refractivity contribution >= 4 is 29.3 Å². The third-order valence-electron chi connectivity index (χ3n) is 0.468. The van der Waals surface area contributed by atoms with Gasteiger partial charge in [-0.05, 0) is 12.3 Å². The van der Waals surface area contributed by atoms with Gasteiger partial charge in [-0.1, -0.05) is 12.2 Å². The summed E-state index contributed by atoms with van der Waals surface area (Å²) in [6.45, 7) is 0. The van der Waals surface area contributed by atoms with Gasteiger partial charge < -0.3 is 5.73 Å². The number of rotatable bonds is 2. The summed E-state index contributed by atoms with van der Waals surface area (Å²) in [5.41, 5.74) is 5.31. The Morgan fingerprint density at radius 3 is 2.57 bits per heavy atom. The largest absolute Gasteiger partial charge is 0.394 e. The first-order valence-corrected chi connectivity index (χ1v) is 3.45. The van der Waals surface area contributed by atoms with Crippen LogP contribution in [-0.4, -0.2) is 11.6 Å². The highest BCUT2D eigenvalue weighted by atomic mass is 32.2. The quantitative estimate of drug-likeness (QED) is 0.452. The van der Waals surface area contributed by atoms with Crippen molar-refractivity contribution in [2.45, 2.75) is 0 Å². The lowest BCUT2D eigenvalue weighted by Gasteiger charge is -1.86. The Morgan fingerprint density at radius 1 is 1.86 bits per heavy atom. The summed E-state index contributed by atoms with van der Waals surface area (Å²) >= 11 is 5.99. The predicted octanol–water partition coefficient (Wildman–Crippen LogP) is 1.15. The van der Waals surface area contributed by atoms with Crippen LogP contribution < -0.4 is 5.73 Å². The highest BCUT2D eigenvalue weighted by Crippen LogP contribution is 2.00. The first kappa shape index (κ1) is 6.98. The maximum Gasteiger partial charge on any atom is 0.0660 e. The maximum absolute atomic E-state index is 5.31. The first-order chi connectivity index (χ1) is 3.31. The zero-order valence-electron chi connectivity index (χ0n) is 4.05. The summed E-state index contributed by atoms with van der Waals surface area (Å²) in [5.74, 6) is 0. The number of hydrogen-bond donors (Lipinski definition) is 1. The van der Waals surface area contributed by atoms with E-state index in [-0.39, 0.29) is 0 Å². The molecule has 1 nitrogen and oxygen atoms in total. The van der Waals surface area contributed by atoms with Crippen molar-refractivity contribution in [1.82, 2.24) is 0 Å². The molecule has 0 aromatic rings. The first-order valence-electron chi connectivity index (χ1n) is 1.76. The van der Waals surface area contributed by atoms with Crippen LogP contribution in [0.15, 0.2) is 11.1 Å². The van der Waals surface area contributed by atoms with E-state index < -0.39 is 0 Å². The van der Waals surface area contributed by atoms with Crippen molar-refractivity contribution in [3.63, 3.8) is 0 Å². The molecule has 0 spiro atoms. The second-order valence-electron chi connectivity index (χ2n) is 0.909. The van der Waals surface area contributed by atoms with Crippen LogP contribution in [0.4, 0.5) is 0 Å². The van der Waals surface area contributed by atoms with Crippen molar-refractivity contribution in [3.05, 3.63) is 11.1 Å². The normalized spacial score (nSPS) is 11.3. The molecular weight excluding hydrogens is 126 g/mol. The Labute approximate surface area is 53.0 Å². The molecule has 0 amide bonds. The number of hydrogen-bond acceptors (Lipinski definition) is 3.